The largest absolute Gasteiger partial charge is 0.481 e. The first-order valence-corrected chi connectivity index (χ1v) is 5.62. The van der Waals surface area contributed by atoms with Gasteiger partial charge in [-0.05, 0) is 17.7 Å². The monoisotopic (exact) mass is 242 g/mol. The molecule has 4 heteroatoms. The van der Waals surface area contributed by atoms with Gasteiger partial charge < -0.3 is 10.1 Å². The van der Waals surface area contributed by atoms with Crippen molar-refractivity contribution >= 4 is 5.91 Å². The van der Waals surface area contributed by atoms with Gasteiger partial charge in [-0.2, -0.15) is 0 Å². The molecule has 0 unspecified atom stereocenters. The number of rotatable bonds is 4. The fourth-order valence-electron chi connectivity index (χ4n) is 1.51. The third-order valence-corrected chi connectivity index (χ3v) is 2.50. The van der Waals surface area contributed by atoms with Crippen LogP contribution in [0.4, 0.5) is 0 Å². The van der Waals surface area contributed by atoms with E-state index in [-0.39, 0.29) is 5.91 Å². The normalized spacial score (nSPS) is 9.83. The van der Waals surface area contributed by atoms with Gasteiger partial charge in [0.15, 0.2) is 0 Å². The van der Waals surface area contributed by atoms with Crippen LogP contribution in [0.2, 0.25) is 0 Å². The van der Waals surface area contributed by atoms with Crippen molar-refractivity contribution in [2.24, 2.45) is 0 Å². The van der Waals surface area contributed by atoms with Crippen molar-refractivity contribution < 1.29 is 9.53 Å². The summed E-state index contributed by atoms with van der Waals surface area (Å²) in [4.78, 5) is 15.9. The summed E-state index contributed by atoms with van der Waals surface area (Å²) in [5.74, 6) is 0.472. The van der Waals surface area contributed by atoms with Gasteiger partial charge in [0.05, 0.1) is 7.11 Å². The molecule has 0 fully saturated rings. The van der Waals surface area contributed by atoms with Crippen LogP contribution in [0.3, 0.4) is 0 Å². The highest BCUT2D eigenvalue weighted by Crippen LogP contribution is 2.06. The fraction of sp³-hybridized carbons (Fsp3) is 0.143. The van der Waals surface area contributed by atoms with Crippen LogP contribution in [0.25, 0.3) is 0 Å². The van der Waals surface area contributed by atoms with Crippen LogP contribution < -0.4 is 10.1 Å². The Labute approximate surface area is 106 Å². The molecule has 0 aliphatic rings. The van der Waals surface area contributed by atoms with Gasteiger partial charge in [0, 0.05) is 24.4 Å². The molecule has 18 heavy (non-hydrogen) atoms. The molecule has 0 saturated heterocycles. The summed E-state index contributed by atoms with van der Waals surface area (Å²) in [5.41, 5.74) is 1.58. The maximum atomic E-state index is 11.8. The molecule has 1 aromatic carbocycles. The van der Waals surface area contributed by atoms with E-state index in [2.05, 4.69) is 10.3 Å². The quantitative estimate of drug-likeness (QED) is 0.892. The molecule has 0 atom stereocenters. The molecular formula is C14H14N2O2. The van der Waals surface area contributed by atoms with Crippen LogP contribution >= 0.6 is 0 Å². The molecule has 1 N–H and O–H groups in total. The molecule has 4 nitrogen and oxygen atoms in total. The van der Waals surface area contributed by atoms with Crippen molar-refractivity contribution in [3.05, 3.63) is 59.8 Å². The molecule has 2 aromatic rings. The number of carbonyl (C=O) groups is 1. The van der Waals surface area contributed by atoms with Gasteiger partial charge in [-0.1, -0.05) is 24.3 Å². The summed E-state index contributed by atoms with van der Waals surface area (Å²) in [7, 11) is 1.57. The summed E-state index contributed by atoms with van der Waals surface area (Å²) in [5, 5.41) is 2.83. The van der Waals surface area contributed by atoms with Crippen LogP contribution in [-0.4, -0.2) is 18.0 Å². The average Bonchev–Trinajstić information content (AvgIpc) is 2.46. The summed E-state index contributed by atoms with van der Waals surface area (Å²) in [6, 6.07) is 12.8. The van der Waals surface area contributed by atoms with Crippen LogP contribution in [0.15, 0.2) is 48.7 Å². The summed E-state index contributed by atoms with van der Waals surface area (Å²) in [6.45, 7) is 0.449. The zero-order valence-electron chi connectivity index (χ0n) is 10.1. The molecule has 1 amide bonds. The average molecular weight is 242 g/mol. The second-order valence-corrected chi connectivity index (χ2v) is 3.76. The van der Waals surface area contributed by atoms with Gasteiger partial charge in [0.25, 0.3) is 5.91 Å². The highest BCUT2D eigenvalue weighted by Gasteiger charge is 2.04. The van der Waals surface area contributed by atoms with Crippen LogP contribution in [0, 0.1) is 0 Å². The van der Waals surface area contributed by atoms with Crippen LogP contribution in [0.5, 0.6) is 5.88 Å². The molecule has 1 aromatic heterocycles. The van der Waals surface area contributed by atoms with Crippen LogP contribution in [0.1, 0.15) is 15.9 Å². The van der Waals surface area contributed by atoms with Crippen molar-refractivity contribution in [3.8, 4) is 5.88 Å². The van der Waals surface area contributed by atoms with Crippen molar-refractivity contribution in [2.75, 3.05) is 7.11 Å². The minimum absolute atomic E-state index is 0.0913. The van der Waals surface area contributed by atoms with E-state index in [0.717, 1.165) is 5.56 Å². The van der Waals surface area contributed by atoms with Crippen molar-refractivity contribution in [2.45, 2.75) is 6.54 Å². The van der Waals surface area contributed by atoms with E-state index in [4.69, 9.17) is 4.74 Å². The number of aromatic nitrogens is 1. The lowest BCUT2D eigenvalue weighted by Gasteiger charge is -2.05. The number of hydrogen-bond acceptors (Lipinski definition) is 3. The molecule has 0 radical (unpaired) electrons. The molecule has 0 spiro atoms. The Hall–Kier alpha value is -2.36. The van der Waals surface area contributed by atoms with E-state index in [1.54, 1.807) is 31.5 Å². The molecule has 0 aliphatic heterocycles. The third-order valence-electron chi connectivity index (χ3n) is 2.50. The number of nitrogens with zero attached hydrogens (tertiary/aromatic N) is 1. The molecule has 1 heterocycles. The third kappa shape index (κ3) is 3.07. The zero-order valence-corrected chi connectivity index (χ0v) is 10.1. The molecule has 0 aliphatic carbocycles. The van der Waals surface area contributed by atoms with Crippen molar-refractivity contribution in [1.82, 2.24) is 10.3 Å². The van der Waals surface area contributed by atoms with E-state index in [1.807, 2.05) is 24.3 Å². The second-order valence-electron chi connectivity index (χ2n) is 3.76. The Kier molecular flexibility index (Phi) is 3.91. The number of pyridine rings is 1. The number of benzene rings is 1. The second kappa shape index (κ2) is 5.82. The van der Waals surface area contributed by atoms with Gasteiger partial charge in [0.2, 0.25) is 5.88 Å². The fourth-order valence-corrected chi connectivity index (χ4v) is 1.51. The van der Waals surface area contributed by atoms with Crippen LogP contribution in [-0.2, 0) is 6.54 Å². The summed E-state index contributed by atoms with van der Waals surface area (Å²) >= 11 is 0. The van der Waals surface area contributed by atoms with Crippen molar-refractivity contribution in [3.63, 3.8) is 0 Å². The number of carbonyl (C=O) groups excluding carboxylic acids is 1. The van der Waals surface area contributed by atoms with Gasteiger partial charge in [-0.15, -0.1) is 0 Å². The zero-order chi connectivity index (χ0) is 12.8. The van der Waals surface area contributed by atoms with E-state index in [9.17, 15) is 4.79 Å². The standard InChI is InChI=1S/C14H14N2O2/c1-18-13-8-7-11(9-15-13)10-16-14(17)12-5-3-2-4-6-12/h2-9H,10H2,1H3,(H,16,17). The van der Waals surface area contributed by atoms with Gasteiger partial charge in [-0.25, -0.2) is 4.98 Å². The van der Waals surface area contributed by atoms with Gasteiger partial charge in [-0.3, -0.25) is 4.79 Å². The molecule has 0 saturated carbocycles. The number of ether oxygens (including phenoxy) is 1. The number of amides is 1. The van der Waals surface area contributed by atoms with Crippen molar-refractivity contribution in [1.29, 1.82) is 0 Å². The van der Waals surface area contributed by atoms with Gasteiger partial charge in [0.1, 0.15) is 0 Å². The highest BCUT2D eigenvalue weighted by molar-refractivity contribution is 5.94. The van der Waals surface area contributed by atoms with E-state index in [0.29, 0.717) is 18.0 Å². The summed E-state index contributed by atoms with van der Waals surface area (Å²) in [6.07, 6.45) is 1.68. The molecular weight excluding hydrogens is 228 g/mol. The molecule has 2 rings (SSSR count). The Balaban J connectivity index is 1.93. The first-order chi connectivity index (χ1) is 8.79. The molecule has 0 bridgehead atoms. The van der Waals surface area contributed by atoms with Gasteiger partial charge >= 0.3 is 0 Å². The Morgan fingerprint density at radius 3 is 2.61 bits per heavy atom. The lowest BCUT2D eigenvalue weighted by atomic mass is 10.2. The predicted octanol–water partition coefficient (Wildman–Crippen LogP) is 2.02. The number of hydrogen-bond donors (Lipinski definition) is 1. The topological polar surface area (TPSA) is 51.2 Å². The predicted molar refractivity (Wildman–Crippen MR) is 68.4 cm³/mol. The first kappa shape index (κ1) is 12.1. The maximum Gasteiger partial charge on any atom is 0.251 e. The molecule has 92 valence electrons. The van der Waals surface area contributed by atoms with E-state index in [1.165, 1.54) is 0 Å². The number of methoxy groups -OCH3 is 1. The maximum absolute atomic E-state index is 11.8. The lowest BCUT2D eigenvalue weighted by Crippen LogP contribution is -2.22. The first-order valence-electron chi connectivity index (χ1n) is 5.62. The minimum Gasteiger partial charge on any atom is -0.481 e. The Morgan fingerprint density at radius 1 is 1.22 bits per heavy atom. The minimum atomic E-state index is -0.0913. The van der Waals surface area contributed by atoms with E-state index >= 15 is 0 Å². The highest BCUT2D eigenvalue weighted by atomic mass is 16.5. The Bertz CT molecular complexity index is 509. The number of nitrogens with one attached hydrogen (secondary N) is 1. The van der Waals surface area contributed by atoms with E-state index < -0.39 is 0 Å². The summed E-state index contributed by atoms with van der Waals surface area (Å²) < 4.78 is 4.97. The SMILES string of the molecule is COc1ccc(CNC(=O)c2ccccc2)cn1. The lowest BCUT2D eigenvalue weighted by molar-refractivity contribution is 0.0951. The smallest absolute Gasteiger partial charge is 0.251 e. The Morgan fingerprint density at radius 2 is 2.00 bits per heavy atom.